The smallest absolute Gasteiger partial charge is 0.254 e. The largest absolute Gasteiger partial charge is 0.341 e. The van der Waals surface area contributed by atoms with Crippen LogP contribution in [0, 0.1) is 12.8 Å². The molecule has 0 atom stereocenters. The van der Waals surface area contributed by atoms with Gasteiger partial charge < -0.3 is 9.80 Å². The third kappa shape index (κ3) is 5.33. The molecule has 6 nitrogen and oxygen atoms in total. The van der Waals surface area contributed by atoms with Crippen molar-refractivity contribution in [1.82, 2.24) is 19.6 Å². The van der Waals surface area contributed by atoms with Crippen LogP contribution in [0.5, 0.6) is 0 Å². The summed E-state index contributed by atoms with van der Waals surface area (Å²) in [6, 6.07) is 27.8. The number of nitrogens with zero attached hydrogens (tertiary/aromatic N) is 4. The van der Waals surface area contributed by atoms with Crippen molar-refractivity contribution < 1.29 is 9.59 Å². The van der Waals surface area contributed by atoms with Crippen LogP contribution in [-0.2, 0) is 11.3 Å². The summed E-state index contributed by atoms with van der Waals surface area (Å²) in [5, 5.41) is 4.88. The summed E-state index contributed by atoms with van der Waals surface area (Å²) in [5.41, 5.74) is 5.60. The van der Waals surface area contributed by atoms with Crippen LogP contribution in [0.1, 0.15) is 34.3 Å². The average molecular weight is 493 g/mol. The molecule has 0 radical (unpaired) electrons. The Bertz CT molecular complexity index is 1370. The normalized spacial score (nSPS) is 13.9. The number of likely N-dealkylation sites (tertiary alicyclic amines) is 1. The molecule has 1 aliphatic rings. The molecule has 0 saturated carbocycles. The zero-order valence-electron chi connectivity index (χ0n) is 21.4. The lowest BCUT2D eigenvalue weighted by Gasteiger charge is -2.33. The molecule has 3 aromatic carbocycles. The monoisotopic (exact) mass is 492 g/mol. The Morgan fingerprint density at radius 3 is 2.19 bits per heavy atom. The summed E-state index contributed by atoms with van der Waals surface area (Å²) in [6.45, 7) is 3.62. The molecule has 0 unspecified atom stereocenters. The highest BCUT2D eigenvalue weighted by Crippen LogP contribution is 2.27. The van der Waals surface area contributed by atoms with Gasteiger partial charge in [0.2, 0.25) is 5.91 Å². The molecule has 1 saturated heterocycles. The number of carbonyl (C=O) groups is 2. The van der Waals surface area contributed by atoms with Gasteiger partial charge in [-0.05, 0) is 43.5 Å². The van der Waals surface area contributed by atoms with Crippen molar-refractivity contribution in [3.8, 4) is 16.9 Å². The first-order chi connectivity index (χ1) is 18.0. The van der Waals surface area contributed by atoms with Gasteiger partial charge >= 0.3 is 0 Å². The molecule has 1 fully saturated rings. The zero-order chi connectivity index (χ0) is 25.8. The summed E-state index contributed by atoms with van der Waals surface area (Å²) in [6.07, 6.45) is 3.37. The number of aromatic nitrogens is 2. The average Bonchev–Trinajstić information content (AvgIpc) is 3.37. The SMILES string of the molecule is Cc1ccccc1C(=O)N1CCC(C(=O)N(C)Cc2cn(-c3ccccc3)nc2-c2ccccc2)CC1. The van der Waals surface area contributed by atoms with Crippen LogP contribution in [0.25, 0.3) is 16.9 Å². The molecular weight excluding hydrogens is 460 g/mol. The molecule has 0 N–H and O–H groups in total. The molecule has 37 heavy (non-hydrogen) atoms. The van der Waals surface area contributed by atoms with Gasteiger partial charge in [0, 0.05) is 55.5 Å². The van der Waals surface area contributed by atoms with E-state index in [4.69, 9.17) is 5.10 Å². The summed E-state index contributed by atoms with van der Waals surface area (Å²) in [4.78, 5) is 30.1. The van der Waals surface area contributed by atoms with E-state index in [-0.39, 0.29) is 17.7 Å². The Balaban J connectivity index is 1.28. The summed E-state index contributed by atoms with van der Waals surface area (Å²) in [5.74, 6) is 0.0860. The van der Waals surface area contributed by atoms with Gasteiger partial charge in [0.25, 0.3) is 5.91 Å². The van der Waals surface area contributed by atoms with Crippen molar-refractivity contribution in [3.05, 3.63) is 108 Å². The maximum atomic E-state index is 13.4. The second-order valence-electron chi connectivity index (χ2n) is 9.72. The van der Waals surface area contributed by atoms with Crippen molar-refractivity contribution in [1.29, 1.82) is 0 Å². The third-order valence-corrected chi connectivity index (χ3v) is 7.15. The van der Waals surface area contributed by atoms with E-state index < -0.39 is 0 Å². The van der Waals surface area contributed by atoms with Crippen molar-refractivity contribution in [2.45, 2.75) is 26.3 Å². The Hall–Kier alpha value is -4.19. The second kappa shape index (κ2) is 10.8. The van der Waals surface area contributed by atoms with Gasteiger partial charge in [-0.1, -0.05) is 66.7 Å². The number of aryl methyl sites for hydroxylation is 1. The lowest BCUT2D eigenvalue weighted by Crippen LogP contribution is -2.43. The number of para-hydroxylation sites is 1. The minimum atomic E-state index is -0.0877. The number of rotatable bonds is 6. The van der Waals surface area contributed by atoms with Crippen LogP contribution in [0.4, 0.5) is 0 Å². The van der Waals surface area contributed by atoms with E-state index in [1.807, 2.05) is 120 Å². The first-order valence-corrected chi connectivity index (χ1v) is 12.8. The van der Waals surface area contributed by atoms with Gasteiger partial charge in [-0.3, -0.25) is 9.59 Å². The minimum Gasteiger partial charge on any atom is -0.341 e. The standard InChI is InChI=1S/C31H32N4O2/c1-23-11-9-10-16-28(23)31(37)34-19-17-25(18-20-34)30(36)33(2)21-26-22-35(27-14-7-4-8-15-27)32-29(26)24-12-5-3-6-13-24/h3-16,22,25H,17-21H2,1-2H3. The van der Waals surface area contributed by atoms with Crippen molar-refractivity contribution in [2.24, 2.45) is 5.92 Å². The summed E-state index contributed by atoms with van der Waals surface area (Å²) in [7, 11) is 1.86. The first-order valence-electron chi connectivity index (χ1n) is 12.8. The third-order valence-electron chi connectivity index (χ3n) is 7.15. The summed E-state index contributed by atoms with van der Waals surface area (Å²) >= 11 is 0. The van der Waals surface area contributed by atoms with Gasteiger partial charge in [0.15, 0.2) is 0 Å². The quantitative estimate of drug-likeness (QED) is 0.364. The minimum absolute atomic E-state index is 0.0539. The highest BCUT2D eigenvalue weighted by Gasteiger charge is 2.30. The fourth-order valence-electron chi connectivity index (χ4n) is 5.04. The number of amides is 2. The fraction of sp³-hybridized carbons (Fsp3) is 0.258. The van der Waals surface area contributed by atoms with Gasteiger partial charge in [-0.15, -0.1) is 0 Å². The van der Waals surface area contributed by atoms with Crippen LogP contribution in [0.15, 0.2) is 91.1 Å². The highest BCUT2D eigenvalue weighted by atomic mass is 16.2. The van der Waals surface area contributed by atoms with E-state index in [0.717, 1.165) is 33.6 Å². The van der Waals surface area contributed by atoms with Gasteiger partial charge in [-0.25, -0.2) is 4.68 Å². The molecule has 2 heterocycles. The van der Waals surface area contributed by atoms with Crippen LogP contribution in [0.3, 0.4) is 0 Å². The second-order valence-corrected chi connectivity index (χ2v) is 9.72. The van der Waals surface area contributed by atoms with Crippen LogP contribution >= 0.6 is 0 Å². The van der Waals surface area contributed by atoms with Gasteiger partial charge in [0.05, 0.1) is 11.4 Å². The number of hydrogen-bond acceptors (Lipinski definition) is 3. The topological polar surface area (TPSA) is 58.4 Å². The molecule has 0 aliphatic carbocycles. The Kier molecular flexibility index (Phi) is 7.17. The molecule has 6 heteroatoms. The zero-order valence-corrected chi connectivity index (χ0v) is 21.4. The maximum Gasteiger partial charge on any atom is 0.254 e. The van der Waals surface area contributed by atoms with Crippen LogP contribution in [-0.4, -0.2) is 51.5 Å². The Morgan fingerprint density at radius 2 is 1.51 bits per heavy atom. The molecular formula is C31H32N4O2. The molecule has 0 bridgehead atoms. The molecule has 1 aromatic heterocycles. The van der Waals surface area contributed by atoms with E-state index in [0.29, 0.717) is 32.5 Å². The van der Waals surface area contributed by atoms with Crippen molar-refractivity contribution in [3.63, 3.8) is 0 Å². The fourth-order valence-corrected chi connectivity index (χ4v) is 5.04. The lowest BCUT2D eigenvalue weighted by molar-refractivity contribution is -0.136. The van der Waals surface area contributed by atoms with Crippen molar-refractivity contribution >= 4 is 11.8 Å². The van der Waals surface area contributed by atoms with Crippen molar-refractivity contribution in [2.75, 3.05) is 20.1 Å². The maximum absolute atomic E-state index is 13.4. The molecule has 188 valence electrons. The molecule has 1 aliphatic heterocycles. The number of hydrogen-bond donors (Lipinski definition) is 0. The van der Waals surface area contributed by atoms with Gasteiger partial charge in [-0.2, -0.15) is 5.10 Å². The summed E-state index contributed by atoms with van der Waals surface area (Å²) < 4.78 is 1.88. The Labute approximate surface area is 218 Å². The first kappa shape index (κ1) is 24.5. The number of benzene rings is 3. The van der Waals surface area contributed by atoms with E-state index in [1.165, 1.54) is 0 Å². The number of piperidine rings is 1. The predicted octanol–water partition coefficient (Wildman–Crippen LogP) is 5.36. The molecule has 5 rings (SSSR count). The highest BCUT2D eigenvalue weighted by molar-refractivity contribution is 5.95. The molecule has 0 spiro atoms. The van der Waals surface area contributed by atoms with Crippen LogP contribution < -0.4 is 0 Å². The van der Waals surface area contributed by atoms with E-state index in [9.17, 15) is 9.59 Å². The predicted molar refractivity (Wildman–Crippen MR) is 145 cm³/mol. The molecule has 4 aromatic rings. The van der Waals surface area contributed by atoms with E-state index in [1.54, 1.807) is 0 Å². The Morgan fingerprint density at radius 1 is 0.892 bits per heavy atom. The van der Waals surface area contributed by atoms with E-state index >= 15 is 0 Å². The van der Waals surface area contributed by atoms with Gasteiger partial charge in [0.1, 0.15) is 0 Å². The lowest BCUT2D eigenvalue weighted by atomic mass is 9.94. The number of carbonyl (C=O) groups excluding carboxylic acids is 2. The van der Waals surface area contributed by atoms with E-state index in [2.05, 4.69) is 0 Å². The van der Waals surface area contributed by atoms with Crippen LogP contribution in [0.2, 0.25) is 0 Å². The molecule has 2 amide bonds.